The highest BCUT2D eigenvalue weighted by atomic mass is 32.1. The number of nitrogen functional groups attached to an aromatic ring is 1. The Bertz CT molecular complexity index is 1030. The summed E-state index contributed by atoms with van der Waals surface area (Å²) in [5, 5.41) is 15.4. The fourth-order valence-electron chi connectivity index (χ4n) is 2.32. The zero-order chi connectivity index (χ0) is 19.1. The minimum absolute atomic E-state index is 0.0487. The molecule has 0 amide bonds. The molecular formula is C16H17N5O4S. The van der Waals surface area contributed by atoms with Crippen molar-refractivity contribution < 1.29 is 9.66 Å². The predicted octanol–water partition coefficient (Wildman–Crippen LogP) is 2.52. The third-order valence-corrected chi connectivity index (χ3v) is 4.60. The summed E-state index contributed by atoms with van der Waals surface area (Å²) in [6.45, 7) is 6.48. The van der Waals surface area contributed by atoms with E-state index in [1.165, 1.54) is 5.56 Å². The number of nitrogens with two attached hydrogens (primary N) is 1. The van der Waals surface area contributed by atoms with Crippen LogP contribution in [0.5, 0.6) is 5.75 Å². The number of ether oxygens (including phenoxy) is 1. The molecule has 0 aliphatic heterocycles. The standard InChI is InChI=1S/C16H17N5O4S/c1-16(2,3)9-4-6-10(7-5-9)25-8-11-19-20-14(22)12(21(23)24)13(17)18-15(20)26-11/h4-7H,8,17H2,1-3H3. The molecule has 0 unspecified atom stereocenters. The van der Waals surface area contributed by atoms with E-state index in [-0.39, 0.29) is 17.0 Å². The Morgan fingerprint density at radius 3 is 2.54 bits per heavy atom. The number of aromatic nitrogens is 3. The molecule has 3 aromatic rings. The van der Waals surface area contributed by atoms with Gasteiger partial charge in [-0.2, -0.15) is 14.6 Å². The van der Waals surface area contributed by atoms with Crippen LogP contribution in [0.1, 0.15) is 31.3 Å². The highest BCUT2D eigenvalue weighted by molar-refractivity contribution is 7.16. The monoisotopic (exact) mass is 375 g/mol. The van der Waals surface area contributed by atoms with Gasteiger partial charge >= 0.3 is 11.2 Å². The zero-order valence-corrected chi connectivity index (χ0v) is 15.2. The molecule has 2 aromatic heterocycles. The maximum atomic E-state index is 12.1. The fraction of sp³-hybridized carbons (Fsp3) is 0.312. The topological polar surface area (TPSA) is 126 Å². The summed E-state index contributed by atoms with van der Waals surface area (Å²) in [6, 6.07) is 7.70. The van der Waals surface area contributed by atoms with E-state index >= 15 is 0 Å². The van der Waals surface area contributed by atoms with Crippen molar-refractivity contribution in [1.82, 2.24) is 14.6 Å². The molecule has 0 atom stereocenters. The highest BCUT2D eigenvalue weighted by Gasteiger charge is 2.23. The van der Waals surface area contributed by atoms with Crippen LogP contribution in [0.15, 0.2) is 29.1 Å². The van der Waals surface area contributed by atoms with Crippen molar-refractivity contribution in [2.45, 2.75) is 32.8 Å². The molecule has 9 nitrogen and oxygen atoms in total. The average molecular weight is 375 g/mol. The van der Waals surface area contributed by atoms with Gasteiger partial charge in [-0.3, -0.25) is 14.9 Å². The van der Waals surface area contributed by atoms with Crippen LogP contribution in [-0.4, -0.2) is 19.5 Å². The van der Waals surface area contributed by atoms with Gasteiger partial charge in [-0.1, -0.05) is 44.2 Å². The van der Waals surface area contributed by atoms with Crippen LogP contribution in [0.4, 0.5) is 11.5 Å². The van der Waals surface area contributed by atoms with Gasteiger partial charge in [0, 0.05) is 0 Å². The minimum atomic E-state index is -0.908. The number of nitrogens with zero attached hydrogens (tertiary/aromatic N) is 4. The molecule has 0 aliphatic carbocycles. The van der Waals surface area contributed by atoms with E-state index in [0.717, 1.165) is 15.9 Å². The quantitative estimate of drug-likeness (QED) is 0.548. The lowest BCUT2D eigenvalue weighted by atomic mass is 9.87. The van der Waals surface area contributed by atoms with Crippen molar-refractivity contribution in [2.24, 2.45) is 0 Å². The molecule has 0 spiro atoms. The summed E-state index contributed by atoms with van der Waals surface area (Å²) in [5.41, 5.74) is 5.04. The van der Waals surface area contributed by atoms with Crippen LogP contribution in [0.2, 0.25) is 0 Å². The van der Waals surface area contributed by atoms with Crippen molar-refractivity contribution in [3.8, 4) is 5.75 Å². The number of fused-ring (bicyclic) bond motifs is 1. The van der Waals surface area contributed by atoms with Gasteiger partial charge < -0.3 is 10.5 Å². The molecule has 2 heterocycles. The van der Waals surface area contributed by atoms with Crippen molar-refractivity contribution in [1.29, 1.82) is 0 Å². The molecule has 136 valence electrons. The fourth-order valence-corrected chi connectivity index (χ4v) is 3.12. The molecule has 0 saturated carbocycles. The first-order valence-electron chi connectivity index (χ1n) is 7.73. The van der Waals surface area contributed by atoms with E-state index in [2.05, 4.69) is 30.9 Å². The highest BCUT2D eigenvalue weighted by Crippen LogP contribution is 2.25. The van der Waals surface area contributed by atoms with Crippen LogP contribution in [0, 0.1) is 10.1 Å². The lowest BCUT2D eigenvalue weighted by molar-refractivity contribution is -0.385. The third-order valence-electron chi connectivity index (χ3n) is 3.72. The smallest absolute Gasteiger partial charge is 0.377 e. The van der Waals surface area contributed by atoms with E-state index in [1.807, 2.05) is 24.3 Å². The van der Waals surface area contributed by atoms with Crippen LogP contribution in [-0.2, 0) is 12.0 Å². The maximum absolute atomic E-state index is 12.1. The molecular weight excluding hydrogens is 358 g/mol. The van der Waals surface area contributed by atoms with E-state index in [4.69, 9.17) is 10.5 Å². The first-order valence-corrected chi connectivity index (χ1v) is 8.54. The van der Waals surface area contributed by atoms with E-state index in [9.17, 15) is 14.9 Å². The predicted molar refractivity (Wildman–Crippen MR) is 97.7 cm³/mol. The van der Waals surface area contributed by atoms with E-state index in [0.29, 0.717) is 10.8 Å². The summed E-state index contributed by atoms with van der Waals surface area (Å²) in [6.07, 6.45) is 0. The molecule has 0 fully saturated rings. The largest absolute Gasteiger partial charge is 0.486 e. The summed E-state index contributed by atoms with van der Waals surface area (Å²) >= 11 is 1.09. The Morgan fingerprint density at radius 1 is 1.31 bits per heavy atom. The van der Waals surface area contributed by atoms with Crippen LogP contribution < -0.4 is 16.0 Å². The van der Waals surface area contributed by atoms with E-state index in [1.54, 1.807) is 0 Å². The molecule has 0 bridgehead atoms. The summed E-state index contributed by atoms with van der Waals surface area (Å²) in [5.74, 6) is 0.233. The van der Waals surface area contributed by atoms with Gasteiger partial charge in [0.05, 0.1) is 4.92 Å². The number of rotatable bonds is 4. The number of hydrogen-bond donors (Lipinski definition) is 1. The average Bonchev–Trinajstić information content (AvgIpc) is 2.95. The second-order valence-electron chi connectivity index (χ2n) is 6.66. The number of benzene rings is 1. The Morgan fingerprint density at radius 2 is 1.96 bits per heavy atom. The second-order valence-corrected chi connectivity index (χ2v) is 7.70. The van der Waals surface area contributed by atoms with E-state index < -0.39 is 22.0 Å². The lowest BCUT2D eigenvalue weighted by Crippen LogP contribution is -2.20. The van der Waals surface area contributed by atoms with Crippen molar-refractivity contribution in [2.75, 3.05) is 5.73 Å². The maximum Gasteiger partial charge on any atom is 0.377 e. The summed E-state index contributed by atoms with van der Waals surface area (Å²) < 4.78 is 6.55. The van der Waals surface area contributed by atoms with Crippen molar-refractivity contribution in [3.63, 3.8) is 0 Å². The van der Waals surface area contributed by atoms with Gasteiger partial charge in [-0.05, 0) is 23.1 Å². The van der Waals surface area contributed by atoms with Crippen molar-refractivity contribution in [3.05, 3.63) is 55.3 Å². The Kier molecular flexibility index (Phi) is 4.36. The Hall–Kier alpha value is -3.01. The number of anilines is 1. The molecule has 0 aliphatic rings. The van der Waals surface area contributed by atoms with Gasteiger partial charge in [-0.15, -0.1) is 0 Å². The SMILES string of the molecule is CC(C)(C)c1ccc(OCc2nn3c(=O)c([N+](=O)[O-])c(N)nc3s2)cc1. The van der Waals surface area contributed by atoms with Gasteiger partial charge in [0.1, 0.15) is 12.4 Å². The molecule has 1 aromatic carbocycles. The zero-order valence-electron chi connectivity index (χ0n) is 14.4. The number of hydrogen-bond acceptors (Lipinski definition) is 8. The van der Waals surface area contributed by atoms with Crippen LogP contribution >= 0.6 is 11.3 Å². The van der Waals surface area contributed by atoms with Crippen molar-refractivity contribution >= 4 is 27.8 Å². The second kappa shape index (κ2) is 6.37. The summed E-state index contributed by atoms with van der Waals surface area (Å²) in [7, 11) is 0. The Labute approximate surface area is 152 Å². The van der Waals surface area contributed by atoms with Crippen LogP contribution in [0.25, 0.3) is 4.96 Å². The minimum Gasteiger partial charge on any atom is -0.486 e. The third kappa shape index (κ3) is 3.36. The molecule has 0 radical (unpaired) electrons. The first kappa shape index (κ1) is 17.8. The van der Waals surface area contributed by atoms with Gasteiger partial charge in [0.15, 0.2) is 5.01 Å². The molecule has 10 heteroatoms. The normalized spacial score (nSPS) is 11.7. The van der Waals surface area contributed by atoms with Gasteiger partial charge in [0.2, 0.25) is 10.8 Å². The van der Waals surface area contributed by atoms with Gasteiger partial charge in [0.25, 0.3) is 0 Å². The van der Waals surface area contributed by atoms with Gasteiger partial charge in [-0.25, -0.2) is 0 Å². The molecule has 26 heavy (non-hydrogen) atoms. The molecule has 2 N–H and O–H groups in total. The number of nitro groups is 1. The first-order chi connectivity index (χ1) is 12.2. The summed E-state index contributed by atoms with van der Waals surface area (Å²) in [4.78, 5) is 26.2. The van der Waals surface area contributed by atoms with Crippen LogP contribution in [0.3, 0.4) is 0 Å². The Balaban J connectivity index is 1.83. The molecule has 3 rings (SSSR count). The molecule has 0 saturated heterocycles. The lowest BCUT2D eigenvalue weighted by Gasteiger charge is -2.19.